The normalized spacial score (nSPS) is 17.3. The van der Waals surface area contributed by atoms with Crippen LogP contribution in [0.5, 0.6) is 0 Å². The van der Waals surface area contributed by atoms with Gasteiger partial charge in [0, 0.05) is 24.1 Å². The summed E-state index contributed by atoms with van der Waals surface area (Å²) in [4.78, 5) is 0. The van der Waals surface area contributed by atoms with Crippen LogP contribution in [-0.2, 0) is 12.5 Å². The molecule has 3 rings (SSSR count). The summed E-state index contributed by atoms with van der Waals surface area (Å²) < 4.78 is 28.9. The molecule has 0 unspecified atom stereocenters. The van der Waals surface area contributed by atoms with Gasteiger partial charge in [-0.05, 0) is 25.0 Å². The topological polar surface area (TPSA) is 43.8 Å². The van der Waals surface area contributed by atoms with Crippen LogP contribution < -0.4 is 5.73 Å². The van der Waals surface area contributed by atoms with E-state index < -0.39 is 11.6 Å². The second kappa shape index (κ2) is 4.83. The Morgan fingerprint density at radius 1 is 1.24 bits per heavy atom. The number of hydrogen-bond donors (Lipinski definition) is 1. The third-order valence-electron chi connectivity index (χ3n) is 4.57. The van der Waals surface area contributed by atoms with Gasteiger partial charge in [-0.2, -0.15) is 5.10 Å². The Morgan fingerprint density at radius 3 is 2.52 bits per heavy atom. The third-order valence-corrected chi connectivity index (χ3v) is 4.57. The van der Waals surface area contributed by atoms with Crippen LogP contribution in [0.15, 0.2) is 18.2 Å². The van der Waals surface area contributed by atoms with Crippen molar-refractivity contribution in [2.45, 2.75) is 38.0 Å². The molecule has 0 atom stereocenters. The standard InChI is InChI=1S/C16H19F2N3/c1-16(7-3-4-8-16)14-13(15(19)21(2)20-14)11-6-5-10(17)9-12(11)18/h5-6,9H,3-4,7-8,19H2,1-2H3. The monoisotopic (exact) mass is 291 g/mol. The van der Waals surface area contributed by atoms with Crippen LogP contribution in [0.2, 0.25) is 0 Å². The Kier molecular flexibility index (Phi) is 3.23. The number of nitrogens with two attached hydrogens (primary N) is 1. The second-order valence-corrected chi connectivity index (χ2v) is 6.12. The van der Waals surface area contributed by atoms with Gasteiger partial charge in [-0.1, -0.05) is 19.8 Å². The summed E-state index contributed by atoms with van der Waals surface area (Å²) in [5.41, 5.74) is 7.78. The second-order valence-electron chi connectivity index (χ2n) is 6.12. The number of anilines is 1. The highest BCUT2D eigenvalue weighted by Crippen LogP contribution is 2.46. The minimum atomic E-state index is -0.599. The molecule has 0 radical (unpaired) electrons. The maximum Gasteiger partial charge on any atom is 0.134 e. The average Bonchev–Trinajstić information content (AvgIpc) is 2.98. The number of aromatic nitrogens is 2. The van der Waals surface area contributed by atoms with E-state index in [0.717, 1.165) is 37.4 Å². The van der Waals surface area contributed by atoms with E-state index in [1.54, 1.807) is 11.7 Å². The van der Waals surface area contributed by atoms with E-state index in [1.807, 2.05) is 0 Å². The summed E-state index contributed by atoms with van der Waals surface area (Å²) >= 11 is 0. The largest absolute Gasteiger partial charge is 0.383 e. The molecule has 1 aliphatic carbocycles. The van der Waals surface area contributed by atoms with Gasteiger partial charge in [0.1, 0.15) is 17.5 Å². The SMILES string of the molecule is Cn1nc(C2(C)CCCC2)c(-c2ccc(F)cc2F)c1N. The number of aryl methyl sites for hydroxylation is 1. The Bertz CT molecular complexity index is 685. The Balaban J connectivity index is 2.22. The number of halogens is 2. The first kappa shape index (κ1) is 14.0. The average molecular weight is 291 g/mol. The fourth-order valence-corrected chi connectivity index (χ4v) is 3.31. The van der Waals surface area contributed by atoms with E-state index in [2.05, 4.69) is 12.0 Å². The van der Waals surface area contributed by atoms with Crippen molar-refractivity contribution in [3.05, 3.63) is 35.5 Å². The lowest BCUT2D eigenvalue weighted by molar-refractivity contribution is 0.469. The van der Waals surface area contributed by atoms with Crippen molar-refractivity contribution in [1.82, 2.24) is 9.78 Å². The fourth-order valence-electron chi connectivity index (χ4n) is 3.31. The summed E-state index contributed by atoms with van der Waals surface area (Å²) in [6.45, 7) is 2.15. The predicted molar refractivity (Wildman–Crippen MR) is 78.8 cm³/mol. The number of benzene rings is 1. The molecular formula is C16H19F2N3. The smallest absolute Gasteiger partial charge is 0.134 e. The number of rotatable bonds is 2. The zero-order chi connectivity index (χ0) is 15.2. The molecule has 0 bridgehead atoms. The molecular weight excluding hydrogens is 272 g/mol. The third kappa shape index (κ3) is 2.20. The van der Waals surface area contributed by atoms with Gasteiger partial charge in [0.25, 0.3) is 0 Å². The summed E-state index contributed by atoms with van der Waals surface area (Å²) in [7, 11) is 1.75. The van der Waals surface area contributed by atoms with Crippen molar-refractivity contribution in [2.24, 2.45) is 7.05 Å². The zero-order valence-electron chi connectivity index (χ0n) is 12.3. The van der Waals surface area contributed by atoms with Crippen molar-refractivity contribution in [1.29, 1.82) is 0 Å². The molecule has 2 N–H and O–H groups in total. The number of nitrogens with zero attached hydrogens (tertiary/aromatic N) is 2. The summed E-state index contributed by atoms with van der Waals surface area (Å²) in [5.74, 6) is -0.770. The molecule has 0 saturated heterocycles. The highest BCUT2D eigenvalue weighted by molar-refractivity contribution is 5.78. The molecule has 1 saturated carbocycles. The van der Waals surface area contributed by atoms with Gasteiger partial charge in [0.15, 0.2) is 0 Å². The van der Waals surface area contributed by atoms with Crippen molar-refractivity contribution in [2.75, 3.05) is 5.73 Å². The quantitative estimate of drug-likeness (QED) is 0.915. The molecule has 21 heavy (non-hydrogen) atoms. The van der Waals surface area contributed by atoms with Crippen LogP contribution in [-0.4, -0.2) is 9.78 Å². The van der Waals surface area contributed by atoms with E-state index in [-0.39, 0.29) is 5.41 Å². The lowest BCUT2D eigenvalue weighted by atomic mass is 9.81. The van der Waals surface area contributed by atoms with E-state index in [4.69, 9.17) is 5.73 Å². The van der Waals surface area contributed by atoms with Crippen LogP contribution >= 0.6 is 0 Å². The molecule has 2 aromatic rings. The van der Waals surface area contributed by atoms with Gasteiger partial charge in [0.05, 0.1) is 11.3 Å². The molecule has 0 amide bonds. The van der Waals surface area contributed by atoms with Gasteiger partial charge < -0.3 is 5.73 Å². The Morgan fingerprint density at radius 2 is 1.90 bits per heavy atom. The van der Waals surface area contributed by atoms with Gasteiger partial charge >= 0.3 is 0 Å². The van der Waals surface area contributed by atoms with Crippen molar-refractivity contribution in [3.63, 3.8) is 0 Å². The molecule has 112 valence electrons. The minimum absolute atomic E-state index is 0.0917. The van der Waals surface area contributed by atoms with Crippen LogP contribution in [0.1, 0.15) is 38.3 Å². The van der Waals surface area contributed by atoms with Crippen LogP contribution in [0, 0.1) is 11.6 Å². The predicted octanol–water partition coefficient (Wildman–Crippen LogP) is 3.78. The molecule has 5 heteroatoms. The van der Waals surface area contributed by atoms with E-state index in [0.29, 0.717) is 16.9 Å². The first-order valence-electron chi connectivity index (χ1n) is 7.21. The van der Waals surface area contributed by atoms with Crippen LogP contribution in [0.25, 0.3) is 11.1 Å². The van der Waals surface area contributed by atoms with E-state index in [9.17, 15) is 8.78 Å². The highest BCUT2D eigenvalue weighted by Gasteiger charge is 2.37. The van der Waals surface area contributed by atoms with E-state index in [1.165, 1.54) is 12.1 Å². The number of nitrogen functional groups attached to an aromatic ring is 1. The molecule has 0 spiro atoms. The van der Waals surface area contributed by atoms with Gasteiger partial charge in [0.2, 0.25) is 0 Å². The first-order chi connectivity index (χ1) is 9.92. The summed E-state index contributed by atoms with van der Waals surface area (Å²) in [5, 5.41) is 4.54. The lowest BCUT2D eigenvalue weighted by Gasteiger charge is -2.22. The van der Waals surface area contributed by atoms with Crippen molar-refractivity contribution >= 4 is 5.82 Å². The van der Waals surface area contributed by atoms with Crippen molar-refractivity contribution < 1.29 is 8.78 Å². The maximum atomic E-state index is 14.2. The zero-order valence-corrected chi connectivity index (χ0v) is 12.3. The summed E-state index contributed by atoms with van der Waals surface area (Å²) in [6.07, 6.45) is 4.30. The Hall–Kier alpha value is -1.91. The van der Waals surface area contributed by atoms with Crippen LogP contribution in [0.4, 0.5) is 14.6 Å². The maximum absolute atomic E-state index is 14.2. The molecule has 1 aromatic carbocycles. The first-order valence-corrected chi connectivity index (χ1v) is 7.21. The van der Waals surface area contributed by atoms with E-state index >= 15 is 0 Å². The molecule has 3 nitrogen and oxygen atoms in total. The molecule has 0 aliphatic heterocycles. The van der Waals surface area contributed by atoms with Gasteiger partial charge in [-0.3, -0.25) is 4.68 Å². The number of hydrogen-bond acceptors (Lipinski definition) is 2. The molecule has 1 aliphatic rings. The summed E-state index contributed by atoms with van der Waals surface area (Å²) in [6, 6.07) is 3.59. The fraction of sp³-hybridized carbons (Fsp3) is 0.438. The highest BCUT2D eigenvalue weighted by atomic mass is 19.1. The van der Waals surface area contributed by atoms with Crippen molar-refractivity contribution in [3.8, 4) is 11.1 Å². The Labute approximate surface area is 122 Å². The molecule has 1 aromatic heterocycles. The van der Waals surface area contributed by atoms with Crippen LogP contribution in [0.3, 0.4) is 0 Å². The molecule has 1 fully saturated rings. The lowest BCUT2D eigenvalue weighted by Crippen LogP contribution is -2.19. The minimum Gasteiger partial charge on any atom is -0.383 e. The molecule has 1 heterocycles. The van der Waals surface area contributed by atoms with Gasteiger partial charge in [-0.25, -0.2) is 8.78 Å². The van der Waals surface area contributed by atoms with Gasteiger partial charge in [-0.15, -0.1) is 0 Å².